The van der Waals surface area contributed by atoms with Crippen LogP contribution in [-0.2, 0) is 9.53 Å². The number of hydrogen-bond donors (Lipinski definition) is 0. The first kappa shape index (κ1) is 21.7. The van der Waals surface area contributed by atoms with Gasteiger partial charge >= 0.3 is 5.97 Å². The van der Waals surface area contributed by atoms with Crippen molar-refractivity contribution in [3.63, 3.8) is 0 Å². The summed E-state index contributed by atoms with van der Waals surface area (Å²) in [7, 11) is 0.944. The number of esters is 1. The molecule has 22 heavy (non-hydrogen) atoms. The third kappa shape index (κ3) is 12.3. The van der Waals surface area contributed by atoms with Gasteiger partial charge in [-0.1, -0.05) is 97.1 Å². The molecule has 0 aliphatic carbocycles. The summed E-state index contributed by atoms with van der Waals surface area (Å²) >= 11 is 0. The molecule has 0 aromatic carbocycles. The number of rotatable bonds is 15. The van der Waals surface area contributed by atoms with E-state index in [-0.39, 0.29) is 11.5 Å². The van der Waals surface area contributed by atoms with E-state index >= 15 is 0 Å². The van der Waals surface area contributed by atoms with E-state index in [9.17, 15) is 4.79 Å². The largest absolute Gasteiger partial charge is 0.469 e. The maximum atomic E-state index is 11.7. The van der Waals surface area contributed by atoms with Gasteiger partial charge in [0.2, 0.25) is 0 Å². The van der Waals surface area contributed by atoms with Gasteiger partial charge in [0, 0.05) is 5.54 Å². The van der Waals surface area contributed by atoms with Gasteiger partial charge in [-0.3, -0.25) is 4.79 Å². The SMILES string of the molecule is CCCCCCCCCCCCCCC(C(=O)OC)[Si](C)C. The molecule has 0 aromatic heterocycles. The molecule has 1 unspecified atom stereocenters. The Morgan fingerprint density at radius 3 is 1.59 bits per heavy atom. The molecule has 1 atom stereocenters. The minimum Gasteiger partial charge on any atom is -0.469 e. The minimum absolute atomic E-state index is 0.0157. The highest BCUT2D eigenvalue weighted by molar-refractivity contribution is 6.61. The molecule has 0 fully saturated rings. The normalized spacial score (nSPS) is 12.6. The smallest absolute Gasteiger partial charge is 0.305 e. The van der Waals surface area contributed by atoms with Crippen molar-refractivity contribution in [2.24, 2.45) is 0 Å². The molecule has 0 N–H and O–H groups in total. The molecule has 0 aliphatic rings. The van der Waals surface area contributed by atoms with Crippen molar-refractivity contribution in [2.75, 3.05) is 7.11 Å². The molecule has 0 bridgehead atoms. The molecule has 0 aliphatic heterocycles. The van der Waals surface area contributed by atoms with Crippen LogP contribution >= 0.6 is 0 Å². The van der Waals surface area contributed by atoms with Crippen LogP contribution in [0.4, 0.5) is 0 Å². The second kappa shape index (κ2) is 15.6. The lowest BCUT2D eigenvalue weighted by Gasteiger charge is -2.16. The van der Waals surface area contributed by atoms with Gasteiger partial charge in [0.05, 0.1) is 15.9 Å². The number of ether oxygens (including phenoxy) is 1. The molecule has 0 amide bonds. The summed E-state index contributed by atoms with van der Waals surface area (Å²) in [6.45, 7) is 6.70. The predicted molar refractivity (Wildman–Crippen MR) is 98.9 cm³/mol. The Morgan fingerprint density at radius 2 is 1.23 bits per heavy atom. The summed E-state index contributed by atoms with van der Waals surface area (Å²) in [6.07, 6.45) is 17.5. The van der Waals surface area contributed by atoms with Gasteiger partial charge < -0.3 is 4.74 Å². The van der Waals surface area contributed by atoms with Crippen LogP contribution in [0, 0.1) is 0 Å². The van der Waals surface area contributed by atoms with Crippen molar-refractivity contribution in [1.82, 2.24) is 0 Å². The topological polar surface area (TPSA) is 26.3 Å². The Bertz CT molecular complexity index is 254. The fourth-order valence-corrected chi connectivity index (χ4v) is 4.34. The minimum atomic E-state index is -0.573. The van der Waals surface area contributed by atoms with E-state index in [1.54, 1.807) is 0 Å². The average molecular weight is 328 g/mol. The zero-order valence-corrected chi connectivity index (χ0v) is 16.6. The van der Waals surface area contributed by atoms with E-state index in [0.717, 1.165) is 6.42 Å². The Hall–Kier alpha value is -0.313. The fourth-order valence-electron chi connectivity index (χ4n) is 2.97. The van der Waals surface area contributed by atoms with Crippen LogP contribution in [0.15, 0.2) is 0 Å². The van der Waals surface area contributed by atoms with Gasteiger partial charge in [-0.05, 0) is 6.42 Å². The first-order valence-electron chi connectivity index (χ1n) is 9.51. The van der Waals surface area contributed by atoms with Gasteiger partial charge in [0.15, 0.2) is 0 Å². The lowest BCUT2D eigenvalue weighted by molar-refractivity contribution is -0.140. The van der Waals surface area contributed by atoms with Crippen molar-refractivity contribution < 1.29 is 9.53 Å². The van der Waals surface area contributed by atoms with Crippen molar-refractivity contribution in [2.45, 2.75) is 109 Å². The fraction of sp³-hybridized carbons (Fsp3) is 0.947. The molecule has 3 heteroatoms. The van der Waals surface area contributed by atoms with Crippen molar-refractivity contribution >= 4 is 14.8 Å². The second-order valence-corrected chi connectivity index (χ2v) is 9.68. The quantitative estimate of drug-likeness (QED) is 0.198. The van der Waals surface area contributed by atoms with Crippen molar-refractivity contribution in [3.05, 3.63) is 0 Å². The molecule has 2 nitrogen and oxygen atoms in total. The lowest BCUT2D eigenvalue weighted by atomic mass is 10.0. The van der Waals surface area contributed by atoms with Crippen LogP contribution in [0.1, 0.15) is 90.4 Å². The summed E-state index contributed by atoms with van der Waals surface area (Å²) in [4.78, 5) is 11.7. The van der Waals surface area contributed by atoms with E-state index in [4.69, 9.17) is 4.74 Å². The summed E-state index contributed by atoms with van der Waals surface area (Å²) in [6, 6.07) is 0. The van der Waals surface area contributed by atoms with Crippen molar-refractivity contribution in [3.8, 4) is 0 Å². The van der Waals surface area contributed by atoms with E-state index in [1.165, 1.54) is 84.2 Å². The first-order chi connectivity index (χ1) is 10.6. The molecule has 1 radical (unpaired) electrons. The Morgan fingerprint density at radius 1 is 0.818 bits per heavy atom. The van der Waals surface area contributed by atoms with E-state index in [2.05, 4.69) is 20.0 Å². The maximum Gasteiger partial charge on any atom is 0.305 e. The number of methoxy groups -OCH3 is 1. The number of carbonyl (C=O) groups excluding carboxylic acids is 1. The summed E-state index contributed by atoms with van der Waals surface area (Å²) < 4.78 is 4.92. The van der Waals surface area contributed by atoms with Gasteiger partial charge in [0.1, 0.15) is 0 Å². The molecular weight excluding hydrogens is 288 g/mol. The monoisotopic (exact) mass is 327 g/mol. The maximum absolute atomic E-state index is 11.7. The van der Waals surface area contributed by atoms with Gasteiger partial charge in [-0.15, -0.1) is 0 Å². The Kier molecular flexibility index (Phi) is 15.4. The standard InChI is InChI=1S/C19H39O2Si/c1-5-6-7-8-9-10-11-12-13-14-15-16-17-18(22(3)4)19(20)21-2/h18H,5-17H2,1-4H3. The van der Waals surface area contributed by atoms with Crippen LogP contribution in [-0.4, -0.2) is 21.9 Å². The van der Waals surface area contributed by atoms with E-state index in [0.29, 0.717) is 0 Å². The zero-order valence-electron chi connectivity index (χ0n) is 15.6. The first-order valence-corrected chi connectivity index (χ1v) is 12.1. The molecule has 0 aromatic rings. The molecule has 0 heterocycles. The lowest BCUT2D eigenvalue weighted by Crippen LogP contribution is -2.22. The van der Waals surface area contributed by atoms with E-state index < -0.39 is 8.80 Å². The molecule has 0 saturated carbocycles. The molecule has 131 valence electrons. The van der Waals surface area contributed by atoms with Crippen LogP contribution in [0.5, 0.6) is 0 Å². The third-order valence-corrected chi connectivity index (χ3v) is 6.45. The third-order valence-electron chi connectivity index (χ3n) is 4.53. The highest BCUT2D eigenvalue weighted by Gasteiger charge is 2.23. The average Bonchev–Trinajstić information content (AvgIpc) is 2.51. The number of carbonyl (C=O) groups is 1. The summed E-state index contributed by atoms with van der Waals surface area (Å²) in [5.74, 6) is 0.0157. The second-order valence-electron chi connectivity index (χ2n) is 6.83. The molecule has 0 saturated heterocycles. The number of hydrogen-bond acceptors (Lipinski definition) is 2. The highest BCUT2D eigenvalue weighted by atomic mass is 28.3. The summed E-state index contributed by atoms with van der Waals surface area (Å²) in [5.41, 5.74) is 0.193. The summed E-state index contributed by atoms with van der Waals surface area (Å²) in [5, 5.41) is 0. The highest BCUT2D eigenvalue weighted by Crippen LogP contribution is 2.22. The van der Waals surface area contributed by atoms with E-state index in [1.807, 2.05) is 0 Å². The Balaban J connectivity index is 3.37. The van der Waals surface area contributed by atoms with Gasteiger partial charge in [0.25, 0.3) is 0 Å². The van der Waals surface area contributed by atoms with Crippen LogP contribution in [0.2, 0.25) is 18.6 Å². The van der Waals surface area contributed by atoms with Crippen molar-refractivity contribution in [1.29, 1.82) is 0 Å². The predicted octanol–water partition coefficient (Wildman–Crippen LogP) is 6.38. The van der Waals surface area contributed by atoms with Crippen LogP contribution in [0.25, 0.3) is 0 Å². The number of unbranched alkanes of at least 4 members (excludes halogenated alkanes) is 11. The van der Waals surface area contributed by atoms with Crippen LogP contribution < -0.4 is 0 Å². The zero-order chi connectivity index (χ0) is 16.6. The molecular formula is C19H39O2Si. The Labute approximate surface area is 141 Å². The molecule has 0 rings (SSSR count). The van der Waals surface area contributed by atoms with Crippen LogP contribution in [0.3, 0.4) is 0 Å². The van der Waals surface area contributed by atoms with Gasteiger partial charge in [-0.2, -0.15) is 0 Å². The molecule has 0 spiro atoms. The van der Waals surface area contributed by atoms with Gasteiger partial charge in [-0.25, -0.2) is 0 Å².